The predicted octanol–water partition coefficient (Wildman–Crippen LogP) is 1.01. The molecule has 1 aliphatic heterocycles. The van der Waals surface area contributed by atoms with Crippen molar-refractivity contribution in [1.82, 2.24) is 20.3 Å². The number of aryl methyl sites for hydroxylation is 1. The topological polar surface area (TPSA) is 61.6 Å². The van der Waals surface area contributed by atoms with Crippen molar-refractivity contribution in [2.75, 3.05) is 26.2 Å². The zero-order chi connectivity index (χ0) is 15.4. The molecular weight excluding hydrogens is 268 g/mol. The quantitative estimate of drug-likeness (QED) is 0.878. The number of hydrogen-bond acceptors (Lipinski definition) is 5. The van der Waals surface area contributed by atoms with E-state index in [0.717, 1.165) is 44.2 Å². The molecule has 0 saturated carbocycles. The molecule has 0 radical (unpaired) electrons. The van der Waals surface area contributed by atoms with Gasteiger partial charge in [-0.2, -0.15) is 0 Å². The lowest BCUT2D eigenvalue weighted by molar-refractivity contribution is -0.127. The highest BCUT2D eigenvalue weighted by Crippen LogP contribution is 2.11. The van der Waals surface area contributed by atoms with Crippen molar-refractivity contribution in [3.63, 3.8) is 0 Å². The Hall–Kier alpha value is -1.40. The molecule has 1 N–H and O–H groups in total. The SMILES string of the molecule is Cc1cc(CN2CCN([C@@H](C)C(=O)NC(C)C)CC2)no1. The molecule has 0 unspecified atom stereocenters. The maximum atomic E-state index is 12.0. The van der Waals surface area contributed by atoms with Crippen LogP contribution in [0.1, 0.15) is 32.2 Å². The Labute approximate surface area is 126 Å². The van der Waals surface area contributed by atoms with Crippen LogP contribution >= 0.6 is 0 Å². The molecule has 1 aliphatic rings. The Morgan fingerprint density at radius 3 is 2.52 bits per heavy atom. The smallest absolute Gasteiger partial charge is 0.237 e. The maximum Gasteiger partial charge on any atom is 0.237 e. The number of piperazine rings is 1. The minimum absolute atomic E-state index is 0.0659. The number of nitrogens with one attached hydrogen (secondary N) is 1. The van der Waals surface area contributed by atoms with Gasteiger partial charge in [0.1, 0.15) is 5.76 Å². The molecule has 0 aliphatic carbocycles. The second-order valence-electron chi connectivity index (χ2n) is 6.08. The number of aromatic nitrogens is 1. The standard InChI is InChI=1S/C15H26N4O2/c1-11(2)16-15(20)13(4)19-7-5-18(6-8-19)10-14-9-12(3)21-17-14/h9,11,13H,5-8,10H2,1-4H3,(H,16,20)/t13-/m0/s1. The van der Waals surface area contributed by atoms with Crippen LogP contribution < -0.4 is 5.32 Å². The highest BCUT2D eigenvalue weighted by molar-refractivity contribution is 5.81. The summed E-state index contributed by atoms with van der Waals surface area (Å²) < 4.78 is 5.09. The van der Waals surface area contributed by atoms with E-state index in [1.807, 2.05) is 33.8 Å². The number of amides is 1. The number of nitrogens with zero attached hydrogens (tertiary/aromatic N) is 3. The van der Waals surface area contributed by atoms with E-state index in [4.69, 9.17) is 4.52 Å². The molecule has 0 spiro atoms. The van der Waals surface area contributed by atoms with E-state index < -0.39 is 0 Å². The van der Waals surface area contributed by atoms with Gasteiger partial charge in [0.25, 0.3) is 0 Å². The van der Waals surface area contributed by atoms with Crippen molar-refractivity contribution in [1.29, 1.82) is 0 Å². The second-order valence-corrected chi connectivity index (χ2v) is 6.08. The van der Waals surface area contributed by atoms with Crippen LogP contribution in [0.5, 0.6) is 0 Å². The molecule has 0 bridgehead atoms. The molecule has 1 amide bonds. The molecule has 1 atom stereocenters. The fraction of sp³-hybridized carbons (Fsp3) is 0.733. The highest BCUT2D eigenvalue weighted by atomic mass is 16.5. The average Bonchev–Trinajstić information content (AvgIpc) is 2.83. The summed E-state index contributed by atoms with van der Waals surface area (Å²) in [5.41, 5.74) is 0.978. The average molecular weight is 294 g/mol. The van der Waals surface area contributed by atoms with Gasteiger partial charge >= 0.3 is 0 Å². The van der Waals surface area contributed by atoms with Gasteiger partial charge in [-0.15, -0.1) is 0 Å². The Kier molecular flexibility index (Phi) is 5.36. The van der Waals surface area contributed by atoms with Crippen molar-refractivity contribution >= 4 is 5.91 Å². The predicted molar refractivity (Wildman–Crippen MR) is 80.8 cm³/mol. The van der Waals surface area contributed by atoms with Crippen molar-refractivity contribution < 1.29 is 9.32 Å². The van der Waals surface area contributed by atoms with Gasteiger partial charge in [0.2, 0.25) is 5.91 Å². The minimum Gasteiger partial charge on any atom is -0.361 e. The van der Waals surface area contributed by atoms with E-state index in [1.165, 1.54) is 0 Å². The van der Waals surface area contributed by atoms with Crippen molar-refractivity contribution in [2.24, 2.45) is 0 Å². The lowest BCUT2D eigenvalue weighted by atomic mass is 10.2. The zero-order valence-corrected chi connectivity index (χ0v) is 13.4. The van der Waals surface area contributed by atoms with E-state index in [-0.39, 0.29) is 18.0 Å². The molecule has 0 aromatic carbocycles. The summed E-state index contributed by atoms with van der Waals surface area (Å²) in [5, 5.41) is 7.01. The van der Waals surface area contributed by atoms with Crippen LogP contribution in [-0.2, 0) is 11.3 Å². The zero-order valence-electron chi connectivity index (χ0n) is 13.4. The van der Waals surface area contributed by atoms with Gasteiger partial charge in [0.05, 0.1) is 11.7 Å². The van der Waals surface area contributed by atoms with Crippen LogP contribution in [0.25, 0.3) is 0 Å². The van der Waals surface area contributed by atoms with Gasteiger partial charge in [-0.05, 0) is 27.7 Å². The molecule has 1 aromatic heterocycles. The van der Waals surface area contributed by atoms with E-state index in [9.17, 15) is 4.79 Å². The lowest BCUT2D eigenvalue weighted by Crippen LogP contribution is -2.54. The van der Waals surface area contributed by atoms with Crippen LogP contribution in [0.2, 0.25) is 0 Å². The van der Waals surface area contributed by atoms with Crippen molar-refractivity contribution in [3.05, 3.63) is 17.5 Å². The summed E-state index contributed by atoms with van der Waals surface area (Å²) in [6.45, 7) is 12.4. The molecular formula is C15H26N4O2. The molecule has 21 heavy (non-hydrogen) atoms. The largest absolute Gasteiger partial charge is 0.361 e. The van der Waals surface area contributed by atoms with E-state index in [2.05, 4.69) is 20.3 Å². The number of hydrogen-bond donors (Lipinski definition) is 1. The fourth-order valence-electron chi connectivity index (χ4n) is 2.60. The fourth-order valence-corrected chi connectivity index (χ4v) is 2.60. The summed E-state index contributed by atoms with van der Waals surface area (Å²) in [4.78, 5) is 16.6. The summed E-state index contributed by atoms with van der Waals surface area (Å²) >= 11 is 0. The minimum atomic E-state index is -0.0659. The third-order valence-electron chi connectivity index (χ3n) is 3.83. The summed E-state index contributed by atoms with van der Waals surface area (Å²) in [5.74, 6) is 0.966. The monoisotopic (exact) mass is 294 g/mol. The molecule has 1 fully saturated rings. The van der Waals surface area contributed by atoms with Gasteiger partial charge in [-0.1, -0.05) is 5.16 Å². The lowest BCUT2D eigenvalue weighted by Gasteiger charge is -2.37. The van der Waals surface area contributed by atoms with Gasteiger partial charge < -0.3 is 9.84 Å². The van der Waals surface area contributed by atoms with E-state index in [1.54, 1.807) is 0 Å². The Balaban J connectivity index is 1.78. The Morgan fingerprint density at radius 1 is 1.33 bits per heavy atom. The maximum absolute atomic E-state index is 12.0. The van der Waals surface area contributed by atoms with Gasteiger partial charge in [-0.25, -0.2) is 0 Å². The van der Waals surface area contributed by atoms with Crippen molar-refractivity contribution in [2.45, 2.75) is 46.3 Å². The number of carbonyl (C=O) groups is 1. The van der Waals surface area contributed by atoms with E-state index >= 15 is 0 Å². The molecule has 1 aromatic rings. The molecule has 118 valence electrons. The third kappa shape index (κ3) is 4.54. The number of rotatable bonds is 5. The Morgan fingerprint density at radius 2 is 2.00 bits per heavy atom. The third-order valence-corrected chi connectivity index (χ3v) is 3.83. The molecule has 2 heterocycles. The summed E-state index contributed by atoms with van der Waals surface area (Å²) in [6.07, 6.45) is 0. The number of carbonyl (C=O) groups excluding carboxylic acids is 1. The molecule has 6 heteroatoms. The molecule has 6 nitrogen and oxygen atoms in total. The van der Waals surface area contributed by atoms with E-state index in [0.29, 0.717) is 0 Å². The van der Waals surface area contributed by atoms with Crippen molar-refractivity contribution in [3.8, 4) is 0 Å². The van der Waals surface area contributed by atoms with Gasteiger partial charge in [0.15, 0.2) is 0 Å². The first kappa shape index (κ1) is 16.0. The van der Waals surface area contributed by atoms with Gasteiger partial charge in [0, 0.05) is 44.8 Å². The summed E-state index contributed by atoms with van der Waals surface area (Å²) in [7, 11) is 0. The normalized spacial score (nSPS) is 18.9. The first-order chi connectivity index (χ1) is 9.95. The highest BCUT2D eigenvalue weighted by Gasteiger charge is 2.26. The molecule has 2 rings (SSSR count). The summed E-state index contributed by atoms with van der Waals surface area (Å²) in [6, 6.07) is 2.10. The van der Waals surface area contributed by atoms with Crippen LogP contribution in [-0.4, -0.2) is 59.1 Å². The van der Waals surface area contributed by atoms with Crippen LogP contribution in [0, 0.1) is 6.92 Å². The van der Waals surface area contributed by atoms with Crippen LogP contribution in [0.15, 0.2) is 10.6 Å². The molecule has 1 saturated heterocycles. The second kappa shape index (κ2) is 7.04. The van der Waals surface area contributed by atoms with Gasteiger partial charge in [-0.3, -0.25) is 14.6 Å². The Bertz CT molecular complexity index is 464. The first-order valence-corrected chi connectivity index (χ1v) is 7.64. The van der Waals surface area contributed by atoms with Crippen LogP contribution in [0.3, 0.4) is 0 Å². The van der Waals surface area contributed by atoms with Crippen LogP contribution in [0.4, 0.5) is 0 Å². The first-order valence-electron chi connectivity index (χ1n) is 7.64.